The number of carbonyl (C=O) groups is 2. The zero-order chi connectivity index (χ0) is 22.7. The van der Waals surface area contributed by atoms with Crippen LogP contribution in [-0.4, -0.2) is 40.1 Å². The standard InChI is InChI=1S/C20H31N5O4S2/c1-20(2,3)14-11-22-17(29-14)13-30-18-12-23-19(31-18)24-15(26)8-6-10-21-9-5-4-7-16(27)25-28/h11-12,21,28H,4-10,13H2,1-3H3,(H,25,27)(H,23,24,26). The molecule has 31 heavy (non-hydrogen) atoms. The van der Waals surface area contributed by atoms with Crippen molar-refractivity contribution in [2.75, 3.05) is 18.4 Å². The maximum Gasteiger partial charge on any atom is 0.243 e. The van der Waals surface area contributed by atoms with E-state index in [9.17, 15) is 9.59 Å². The number of nitrogens with zero attached hydrogens (tertiary/aromatic N) is 2. The third-order valence-corrected chi connectivity index (χ3v) is 6.34. The lowest BCUT2D eigenvalue weighted by atomic mass is 9.94. The molecule has 0 unspecified atom stereocenters. The minimum Gasteiger partial charge on any atom is -0.444 e. The lowest BCUT2D eigenvalue weighted by Gasteiger charge is -2.12. The molecule has 11 heteroatoms. The number of hydroxylamine groups is 1. The summed E-state index contributed by atoms with van der Waals surface area (Å²) in [5.41, 5.74) is 1.55. The molecule has 0 atom stereocenters. The molecule has 0 aromatic carbocycles. The van der Waals surface area contributed by atoms with Gasteiger partial charge in [0.05, 0.1) is 22.4 Å². The molecule has 0 saturated carbocycles. The highest BCUT2D eigenvalue weighted by atomic mass is 32.2. The molecule has 9 nitrogen and oxygen atoms in total. The Balaban J connectivity index is 1.59. The van der Waals surface area contributed by atoms with Crippen molar-refractivity contribution >= 4 is 40.0 Å². The molecule has 0 aliphatic heterocycles. The number of carbonyl (C=O) groups excluding carboxylic acids is 2. The van der Waals surface area contributed by atoms with Crippen LogP contribution in [0.4, 0.5) is 5.13 Å². The molecule has 2 aromatic heterocycles. The van der Waals surface area contributed by atoms with E-state index >= 15 is 0 Å². The van der Waals surface area contributed by atoms with Crippen molar-refractivity contribution in [2.45, 2.75) is 68.3 Å². The van der Waals surface area contributed by atoms with E-state index in [1.807, 2.05) is 0 Å². The lowest BCUT2D eigenvalue weighted by Crippen LogP contribution is -2.21. The van der Waals surface area contributed by atoms with Crippen LogP contribution in [0.15, 0.2) is 21.0 Å². The zero-order valence-corrected chi connectivity index (χ0v) is 19.8. The maximum atomic E-state index is 12.1. The van der Waals surface area contributed by atoms with Crippen LogP contribution in [0.25, 0.3) is 0 Å². The summed E-state index contributed by atoms with van der Waals surface area (Å²) in [6, 6.07) is 0. The molecule has 0 fully saturated rings. The number of rotatable bonds is 13. The molecule has 2 rings (SSSR count). The van der Waals surface area contributed by atoms with Crippen LogP contribution in [0, 0.1) is 0 Å². The summed E-state index contributed by atoms with van der Waals surface area (Å²) >= 11 is 3.01. The highest BCUT2D eigenvalue weighted by molar-refractivity contribution is 8.00. The first-order valence-corrected chi connectivity index (χ1v) is 12.1. The number of unbranched alkanes of at least 4 members (excludes halogenated alkanes) is 1. The summed E-state index contributed by atoms with van der Waals surface area (Å²) < 4.78 is 6.78. The van der Waals surface area contributed by atoms with Crippen LogP contribution in [0.5, 0.6) is 0 Å². The van der Waals surface area contributed by atoms with Crippen LogP contribution < -0.4 is 16.1 Å². The smallest absolute Gasteiger partial charge is 0.243 e. The van der Waals surface area contributed by atoms with Gasteiger partial charge in [-0.15, -0.1) is 11.8 Å². The lowest BCUT2D eigenvalue weighted by molar-refractivity contribution is -0.129. The van der Waals surface area contributed by atoms with Gasteiger partial charge in [0.25, 0.3) is 0 Å². The Morgan fingerprint density at radius 3 is 2.55 bits per heavy atom. The van der Waals surface area contributed by atoms with Gasteiger partial charge in [0.15, 0.2) is 5.13 Å². The fourth-order valence-electron chi connectivity index (χ4n) is 2.51. The van der Waals surface area contributed by atoms with Gasteiger partial charge >= 0.3 is 0 Å². The van der Waals surface area contributed by atoms with Gasteiger partial charge in [-0.2, -0.15) is 0 Å². The minimum absolute atomic E-state index is 0.0603. The number of oxazole rings is 1. The molecule has 0 aliphatic rings. The Hall–Kier alpha value is -1.95. The Bertz CT molecular complexity index is 832. The summed E-state index contributed by atoms with van der Waals surface area (Å²) in [6.45, 7) is 7.75. The molecule has 2 amide bonds. The van der Waals surface area contributed by atoms with E-state index in [0.29, 0.717) is 36.0 Å². The normalized spacial score (nSPS) is 11.5. The van der Waals surface area contributed by atoms with Gasteiger partial charge in [0.1, 0.15) is 5.76 Å². The maximum absolute atomic E-state index is 12.1. The van der Waals surface area contributed by atoms with Crippen LogP contribution in [-0.2, 0) is 20.8 Å². The number of anilines is 1. The van der Waals surface area contributed by atoms with E-state index in [4.69, 9.17) is 9.62 Å². The van der Waals surface area contributed by atoms with Gasteiger partial charge in [-0.1, -0.05) is 32.1 Å². The van der Waals surface area contributed by atoms with E-state index < -0.39 is 0 Å². The molecule has 0 bridgehead atoms. The SMILES string of the molecule is CC(C)(C)c1cnc(CSc2cnc(NC(=O)CCCNCCCCC(=O)NO)s2)o1. The Morgan fingerprint density at radius 2 is 1.84 bits per heavy atom. The summed E-state index contributed by atoms with van der Waals surface area (Å²) in [5.74, 6) is 1.73. The van der Waals surface area contributed by atoms with Crippen molar-refractivity contribution in [3.63, 3.8) is 0 Å². The van der Waals surface area contributed by atoms with Gasteiger partial charge < -0.3 is 15.1 Å². The summed E-state index contributed by atoms with van der Waals surface area (Å²) in [7, 11) is 0. The van der Waals surface area contributed by atoms with Crippen molar-refractivity contribution in [2.24, 2.45) is 0 Å². The first-order valence-electron chi connectivity index (χ1n) is 10.2. The van der Waals surface area contributed by atoms with Crippen molar-refractivity contribution in [3.05, 3.63) is 24.0 Å². The van der Waals surface area contributed by atoms with Gasteiger partial charge in [0.2, 0.25) is 17.7 Å². The first kappa shape index (κ1) is 25.3. The van der Waals surface area contributed by atoms with E-state index in [-0.39, 0.29) is 17.2 Å². The molecule has 4 N–H and O–H groups in total. The van der Waals surface area contributed by atoms with Crippen LogP contribution in [0.3, 0.4) is 0 Å². The molecule has 0 aliphatic carbocycles. The summed E-state index contributed by atoms with van der Waals surface area (Å²) in [6.07, 6.45) is 6.51. The van der Waals surface area contributed by atoms with Crippen molar-refractivity contribution in [3.8, 4) is 0 Å². The van der Waals surface area contributed by atoms with Gasteiger partial charge in [-0.3, -0.25) is 14.8 Å². The minimum atomic E-state index is -0.368. The molecule has 172 valence electrons. The number of thioether (sulfide) groups is 1. The second kappa shape index (κ2) is 12.8. The molecule has 0 spiro atoms. The van der Waals surface area contributed by atoms with E-state index in [2.05, 4.69) is 41.4 Å². The highest BCUT2D eigenvalue weighted by Crippen LogP contribution is 2.31. The second-order valence-electron chi connectivity index (χ2n) is 8.04. The number of nitrogens with one attached hydrogen (secondary N) is 3. The van der Waals surface area contributed by atoms with Gasteiger partial charge in [0, 0.05) is 18.3 Å². The third kappa shape index (κ3) is 9.81. The second-order valence-corrected chi connectivity index (χ2v) is 10.3. The highest BCUT2D eigenvalue weighted by Gasteiger charge is 2.19. The molecule has 2 aromatic rings. The van der Waals surface area contributed by atoms with Crippen LogP contribution >= 0.6 is 23.1 Å². The average Bonchev–Trinajstić information content (AvgIpc) is 3.37. The number of hydrogen-bond donors (Lipinski definition) is 4. The fourth-order valence-corrected chi connectivity index (χ4v) is 4.25. The van der Waals surface area contributed by atoms with Crippen molar-refractivity contribution in [1.29, 1.82) is 0 Å². The van der Waals surface area contributed by atoms with E-state index in [1.54, 1.807) is 29.6 Å². The quantitative estimate of drug-likeness (QED) is 0.151. The monoisotopic (exact) mass is 469 g/mol. The van der Waals surface area contributed by atoms with Crippen LogP contribution in [0.2, 0.25) is 0 Å². The molecule has 0 radical (unpaired) electrons. The predicted octanol–water partition coefficient (Wildman–Crippen LogP) is 3.70. The number of thiazole rings is 1. The van der Waals surface area contributed by atoms with Crippen LogP contribution in [0.1, 0.15) is 64.5 Å². The molecular weight excluding hydrogens is 438 g/mol. The number of amides is 2. The molecule has 2 heterocycles. The summed E-state index contributed by atoms with van der Waals surface area (Å²) in [5, 5.41) is 15.1. The van der Waals surface area contributed by atoms with E-state index in [0.717, 1.165) is 35.9 Å². The molecular formula is C20H31N5O4S2. The Kier molecular flexibility index (Phi) is 10.4. The first-order chi connectivity index (χ1) is 14.8. The topological polar surface area (TPSA) is 129 Å². The number of hydrogen-bond acceptors (Lipinski definition) is 9. The van der Waals surface area contributed by atoms with Crippen molar-refractivity contribution < 1.29 is 19.2 Å². The number of aromatic nitrogens is 2. The third-order valence-electron chi connectivity index (χ3n) is 4.25. The summed E-state index contributed by atoms with van der Waals surface area (Å²) in [4.78, 5) is 31.5. The Labute approximate surface area is 190 Å². The zero-order valence-electron chi connectivity index (χ0n) is 18.2. The Morgan fingerprint density at radius 1 is 1.10 bits per heavy atom. The fraction of sp³-hybridized carbons (Fsp3) is 0.600. The van der Waals surface area contributed by atoms with Crippen molar-refractivity contribution in [1.82, 2.24) is 20.8 Å². The predicted molar refractivity (Wildman–Crippen MR) is 121 cm³/mol. The van der Waals surface area contributed by atoms with Gasteiger partial charge in [-0.25, -0.2) is 15.4 Å². The molecule has 0 saturated heterocycles. The van der Waals surface area contributed by atoms with E-state index in [1.165, 1.54) is 11.3 Å². The average molecular weight is 470 g/mol. The van der Waals surface area contributed by atoms with Gasteiger partial charge in [-0.05, 0) is 32.4 Å². The largest absolute Gasteiger partial charge is 0.444 e.